The Labute approximate surface area is 162 Å². The highest BCUT2D eigenvalue weighted by Crippen LogP contribution is 2.34. The van der Waals surface area contributed by atoms with E-state index in [1.807, 2.05) is 30.9 Å². The van der Waals surface area contributed by atoms with E-state index in [0.29, 0.717) is 31.9 Å². The highest BCUT2D eigenvalue weighted by molar-refractivity contribution is 7.22. The molecule has 0 bridgehead atoms. The van der Waals surface area contributed by atoms with Gasteiger partial charge in [-0.05, 0) is 32.0 Å². The number of thiazole rings is 1. The number of amides is 1. The molecule has 0 aliphatic carbocycles. The molecule has 1 aliphatic rings. The van der Waals surface area contributed by atoms with Crippen molar-refractivity contribution in [3.8, 4) is 5.75 Å². The molecule has 0 saturated carbocycles. The number of carbonyl (C=O) groups excluding carboxylic acids is 1. The highest BCUT2D eigenvalue weighted by atomic mass is 32.1. The van der Waals surface area contributed by atoms with Gasteiger partial charge < -0.3 is 14.5 Å². The fraction of sp³-hybridized carbons (Fsp3) is 0.421. The lowest BCUT2D eigenvalue weighted by atomic mass is 10.3. The molecule has 0 spiro atoms. The molecule has 4 rings (SSSR count). The molecule has 2 aromatic heterocycles. The molecule has 0 radical (unpaired) electrons. The molecule has 0 atom stereocenters. The maximum atomic E-state index is 12.8. The highest BCUT2D eigenvalue weighted by Gasteiger charge is 2.26. The maximum absolute atomic E-state index is 12.8. The zero-order valence-corrected chi connectivity index (χ0v) is 16.4. The van der Waals surface area contributed by atoms with Crippen LogP contribution in [-0.4, -0.2) is 58.4 Å². The van der Waals surface area contributed by atoms with Crippen LogP contribution in [0.1, 0.15) is 24.3 Å². The predicted molar refractivity (Wildman–Crippen MR) is 107 cm³/mol. The molecule has 142 valence electrons. The number of aromatic nitrogens is 3. The van der Waals surface area contributed by atoms with Gasteiger partial charge >= 0.3 is 0 Å². The van der Waals surface area contributed by atoms with E-state index in [1.54, 1.807) is 28.3 Å². The van der Waals surface area contributed by atoms with E-state index in [9.17, 15) is 4.79 Å². The van der Waals surface area contributed by atoms with Crippen LogP contribution in [-0.2, 0) is 6.54 Å². The minimum absolute atomic E-state index is 0.0527. The van der Waals surface area contributed by atoms with Crippen molar-refractivity contribution in [1.82, 2.24) is 19.7 Å². The summed E-state index contributed by atoms with van der Waals surface area (Å²) in [6, 6.07) is 7.83. The number of piperazine rings is 1. The van der Waals surface area contributed by atoms with Crippen LogP contribution < -0.4 is 9.64 Å². The van der Waals surface area contributed by atoms with Gasteiger partial charge in [-0.15, -0.1) is 0 Å². The first-order valence-corrected chi connectivity index (χ1v) is 10.1. The van der Waals surface area contributed by atoms with Gasteiger partial charge in [0.2, 0.25) is 0 Å². The number of hydrogen-bond acceptors (Lipinski definition) is 6. The summed E-state index contributed by atoms with van der Waals surface area (Å²) in [5.41, 5.74) is 1.58. The zero-order chi connectivity index (χ0) is 18.8. The Morgan fingerprint density at radius 3 is 2.74 bits per heavy atom. The van der Waals surface area contributed by atoms with Crippen LogP contribution in [0, 0.1) is 0 Å². The molecule has 7 nitrogen and oxygen atoms in total. The minimum Gasteiger partial charge on any atom is -0.492 e. The SMILES string of the molecule is CCOc1cccc2sc(N3CCN(C(=O)c4ccnn4CC)CC3)nc12. The van der Waals surface area contributed by atoms with E-state index in [4.69, 9.17) is 9.72 Å². The third-order valence-electron chi connectivity index (χ3n) is 4.74. The lowest BCUT2D eigenvalue weighted by Gasteiger charge is -2.34. The van der Waals surface area contributed by atoms with Gasteiger partial charge in [-0.2, -0.15) is 5.10 Å². The molecular weight excluding hydrogens is 362 g/mol. The summed E-state index contributed by atoms with van der Waals surface area (Å²) >= 11 is 1.67. The molecular formula is C19H23N5O2S. The molecule has 3 aromatic rings. The van der Waals surface area contributed by atoms with Crippen LogP contribution in [0.2, 0.25) is 0 Å². The summed E-state index contributed by atoms with van der Waals surface area (Å²) in [5.74, 6) is 0.885. The lowest BCUT2D eigenvalue weighted by molar-refractivity contribution is 0.0734. The van der Waals surface area contributed by atoms with E-state index in [2.05, 4.69) is 16.1 Å². The van der Waals surface area contributed by atoms with Crippen LogP contribution in [0.15, 0.2) is 30.5 Å². The Bertz CT molecular complexity index is 943. The number of ether oxygens (including phenoxy) is 1. The van der Waals surface area contributed by atoms with Gasteiger partial charge in [0.25, 0.3) is 5.91 Å². The number of para-hydroxylation sites is 1. The number of anilines is 1. The van der Waals surface area contributed by atoms with Gasteiger partial charge in [-0.3, -0.25) is 9.48 Å². The second-order valence-corrected chi connectivity index (χ2v) is 7.35. The summed E-state index contributed by atoms with van der Waals surface area (Å²) in [5, 5.41) is 5.19. The number of carbonyl (C=O) groups is 1. The van der Waals surface area contributed by atoms with Crippen LogP contribution in [0.3, 0.4) is 0 Å². The van der Waals surface area contributed by atoms with Crippen LogP contribution in [0.5, 0.6) is 5.75 Å². The second-order valence-electron chi connectivity index (χ2n) is 6.34. The topological polar surface area (TPSA) is 63.5 Å². The monoisotopic (exact) mass is 385 g/mol. The number of fused-ring (bicyclic) bond motifs is 1. The van der Waals surface area contributed by atoms with E-state index in [-0.39, 0.29) is 5.91 Å². The van der Waals surface area contributed by atoms with Gasteiger partial charge in [-0.1, -0.05) is 17.4 Å². The summed E-state index contributed by atoms with van der Waals surface area (Å²) in [4.78, 5) is 21.7. The summed E-state index contributed by atoms with van der Waals surface area (Å²) in [6.45, 7) is 8.21. The third kappa shape index (κ3) is 3.37. The molecule has 0 N–H and O–H groups in total. The van der Waals surface area contributed by atoms with E-state index < -0.39 is 0 Å². The first-order valence-electron chi connectivity index (χ1n) is 9.29. The second kappa shape index (κ2) is 7.56. The van der Waals surface area contributed by atoms with E-state index in [1.165, 1.54) is 0 Å². The maximum Gasteiger partial charge on any atom is 0.272 e. The number of nitrogens with zero attached hydrogens (tertiary/aromatic N) is 5. The average molecular weight is 385 g/mol. The van der Waals surface area contributed by atoms with E-state index >= 15 is 0 Å². The first kappa shape index (κ1) is 17.8. The van der Waals surface area contributed by atoms with Crippen molar-refractivity contribution >= 4 is 32.6 Å². The largest absolute Gasteiger partial charge is 0.492 e. The molecule has 1 aliphatic heterocycles. The number of rotatable bonds is 5. The number of aryl methyl sites for hydroxylation is 1. The number of hydrogen-bond donors (Lipinski definition) is 0. The first-order chi connectivity index (χ1) is 13.2. The molecule has 0 unspecified atom stereocenters. The van der Waals surface area contributed by atoms with Crippen molar-refractivity contribution in [3.63, 3.8) is 0 Å². The number of benzene rings is 1. The zero-order valence-electron chi connectivity index (χ0n) is 15.6. The summed E-state index contributed by atoms with van der Waals surface area (Å²) in [6.07, 6.45) is 1.68. The Morgan fingerprint density at radius 2 is 2.00 bits per heavy atom. The Kier molecular flexibility index (Phi) is 4.98. The Balaban J connectivity index is 1.47. The molecule has 27 heavy (non-hydrogen) atoms. The predicted octanol–water partition coefficient (Wildman–Crippen LogP) is 2.87. The molecule has 8 heteroatoms. The third-order valence-corrected chi connectivity index (χ3v) is 5.82. The van der Waals surface area contributed by atoms with Gasteiger partial charge in [0.05, 0.1) is 11.3 Å². The standard InChI is InChI=1S/C19H23N5O2S/c1-3-24-14(8-9-20-24)18(25)22-10-12-23(13-11-22)19-21-17-15(26-4-2)6-5-7-16(17)27-19/h5-9H,3-4,10-13H2,1-2H3. The van der Waals surface area contributed by atoms with Crippen LogP contribution >= 0.6 is 11.3 Å². The summed E-state index contributed by atoms with van der Waals surface area (Å²) < 4.78 is 8.57. The van der Waals surface area contributed by atoms with Crippen LogP contribution in [0.25, 0.3) is 10.2 Å². The Morgan fingerprint density at radius 1 is 1.19 bits per heavy atom. The van der Waals surface area contributed by atoms with Crippen molar-refractivity contribution in [2.24, 2.45) is 0 Å². The van der Waals surface area contributed by atoms with Crippen molar-refractivity contribution in [1.29, 1.82) is 0 Å². The molecule has 1 aromatic carbocycles. The van der Waals surface area contributed by atoms with Crippen LogP contribution in [0.4, 0.5) is 5.13 Å². The molecule has 1 saturated heterocycles. The molecule has 1 fully saturated rings. The molecule has 1 amide bonds. The lowest BCUT2D eigenvalue weighted by Crippen LogP contribution is -2.49. The van der Waals surface area contributed by atoms with Crippen molar-refractivity contribution in [3.05, 3.63) is 36.2 Å². The summed E-state index contributed by atoms with van der Waals surface area (Å²) in [7, 11) is 0. The van der Waals surface area contributed by atoms with E-state index in [0.717, 1.165) is 34.2 Å². The molecule has 3 heterocycles. The van der Waals surface area contributed by atoms with Gasteiger partial charge in [-0.25, -0.2) is 4.98 Å². The van der Waals surface area contributed by atoms with Gasteiger partial charge in [0, 0.05) is 38.9 Å². The Hall–Kier alpha value is -2.61. The fourth-order valence-electron chi connectivity index (χ4n) is 3.35. The van der Waals surface area contributed by atoms with Gasteiger partial charge in [0.15, 0.2) is 5.13 Å². The van der Waals surface area contributed by atoms with Crippen molar-refractivity contribution in [2.75, 3.05) is 37.7 Å². The average Bonchev–Trinajstić information content (AvgIpc) is 3.35. The normalized spacial score (nSPS) is 14.7. The fourth-order valence-corrected chi connectivity index (χ4v) is 4.38. The van der Waals surface area contributed by atoms with Gasteiger partial charge in [0.1, 0.15) is 17.0 Å². The minimum atomic E-state index is 0.0527. The quantitative estimate of drug-likeness (QED) is 0.676. The van der Waals surface area contributed by atoms with Crippen molar-refractivity contribution < 1.29 is 9.53 Å². The van der Waals surface area contributed by atoms with Crippen molar-refractivity contribution in [2.45, 2.75) is 20.4 Å². The smallest absolute Gasteiger partial charge is 0.272 e.